The lowest BCUT2D eigenvalue weighted by molar-refractivity contribution is -0.0887. The largest absolute Gasteiger partial charge is 0.488 e. The standard InChI is InChI=1S/C20H24FNO3/c1-15-11-22(13-20(25-15)16-7-3-2-4-8-16)12-17(23)14-24-19-10-6-5-9-18(19)21/h2-10,15,17,20,23H,11-14H2,1H3/t15-,17+,20+/m1/s1. The Balaban J connectivity index is 1.53. The molecular weight excluding hydrogens is 321 g/mol. The third-order valence-corrected chi connectivity index (χ3v) is 4.24. The number of hydrogen-bond acceptors (Lipinski definition) is 4. The summed E-state index contributed by atoms with van der Waals surface area (Å²) in [6.45, 7) is 4.02. The van der Waals surface area contributed by atoms with Crippen LogP contribution >= 0.6 is 0 Å². The molecule has 0 spiro atoms. The van der Waals surface area contributed by atoms with Crippen LogP contribution in [0.2, 0.25) is 0 Å². The van der Waals surface area contributed by atoms with Gasteiger partial charge in [-0.25, -0.2) is 4.39 Å². The molecular formula is C20H24FNO3. The maximum absolute atomic E-state index is 13.6. The van der Waals surface area contributed by atoms with Crippen molar-refractivity contribution in [1.29, 1.82) is 0 Å². The maximum Gasteiger partial charge on any atom is 0.165 e. The van der Waals surface area contributed by atoms with Gasteiger partial charge in [0, 0.05) is 19.6 Å². The Bertz CT molecular complexity index is 667. The van der Waals surface area contributed by atoms with E-state index < -0.39 is 11.9 Å². The second-order valence-corrected chi connectivity index (χ2v) is 6.46. The predicted octanol–water partition coefficient (Wildman–Crippen LogP) is 3.03. The zero-order chi connectivity index (χ0) is 17.6. The Morgan fingerprint density at radius 1 is 1.16 bits per heavy atom. The molecule has 0 aliphatic carbocycles. The number of morpholine rings is 1. The summed E-state index contributed by atoms with van der Waals surface area (Å²) in [6, 6.07) is 16.3. The van der Waals surface area contributed by atoms with Crippen molar-refractivity contribution in [2.24, 2.45) is 0 Å². The zero-order valence-corrected chi connectivity index (χ0v) is 14.3. The second kappa shape index (κ2) is 8.43. The molecule has 1 saturated heterocycles. The lowest BCUT2D eigenvalue weighted by atomic mass is 10.1. The molecule has 1 aliphatic heterocycles. The summed E-state index contributed by atoms with van der Waals surface area (Å²) in [5, 5.41) is 10.3. The molecule has 1 aliphatic rings. The molecule has 5 heteroatoms. The van der Waals surface area contributed by atoms with Crippen LogP contribution in [0.25, 0.3) is 0 Å². The van der Waals surface area contributed by atoms with Gasteiger partial charge in [0.1, 0.15) is 12.7 Å². The van der Waals surface area contributed by atoms with Gasteiger partial charge in [0.25, 0.3) is 0 Å². The number of benzene rings is 2. The summed E-state index contributed by atoms with van der Waals surface area (Å²) < 4.78 is 25.0. The summed E-state index contributed by atoms with van der Waals surface area (Å²) in [6.07, 6.45) is -0.621. The van der Waals surface area contributed by atoms with Gasteiger partial charge >= 0.3 is 0 Å². The zero-order valence-electron chi connectivity index (χ0n) is 14.3. The molecule has 0 aromatic heterocycles. The Hall–Kier alpha value is -1.95. The highest BCUT2D eigenvalue weighted by Gasteiger charge is 2.27. The first-order valence-electron chi connectivity index (χ1n) is 8.60. The van der Waals surface area contributed by atoms with Crippen LogP contribution in [0.1, 0.15) is 18.6 Å². The molecule has 0 bridgehead atoms. The number of para-hydroxylation sites is 1. The van der Waals surface area contributed by atoms with Gasteiger partial charge in [-0.1, -0.05) is 42.5 Å². The SMILES string of the molecule is C[C@@H]1CN(C[C@H](O)COc2ccccc2F)C[C@@H](c2ccccc2)O1. The highest BCUT2D eigenvalue weighted by Crippen LogP contribution is 2.25. The molecule has 3 atom stereocenters. The van der Waals surface area contributed by atoms with Crippen LogP contribution in [-0.4, -0.2) is 48.5 Å². The van der Waals surface area contributed by atoms with Gasteiger partial charge < -0.3 is 14.6 Å². The van der Waals surface area contributed by atoms with Crippen LogP contribution in [0, 0.1) is 5.82 Å². The van der Waals surface area contributed by atoms with Crippen LogP contribution < -0.4 is 4.74 Å². The number of rotatable bonds is 6. The second-order valence-electron chi connectivity index (χ2n) is 6.46. The fourth-order valence-corrected chi connectivity index (χ4v) is 3.14. The third-order valence-electron chi connectivity index (χ3n) is 4.24. The van der Waals surface area contributed by atoms with Crippen molar-refractivity contribution in [3.63, 3.8) is 0 Å². The van der Waals surface area contributed by atoms with Crippen molar-refractivity contribution in [3.05, 3.63) is 66.0 Å². The molecule has 134 valence electrons. The van der Waals surface area contributed by atoms with E-state index in [4.69, 9.17) is 9.47 Å². The van der Waals surface area contributed by atoms with Crippen molar-refractivity contribution in [2.45, 2.75) is 25.2 Å². The minimum atomic E-state index is -0.693. The quantitative estimate of drug-likeness (QED) is 0.874. The minimum absolute atomic E-state index is 0.00960. The first kappa shape index (κ1) is 17.9. The molecule has 3 rings (SSSR count). The van der Waals surface area contributed by atoms with Crippen LogP contribution in [0.5, 0.6) is 5.75 Å². The van der Waals surface area contributed by atoms with Crippen molar-refractivity contribution in [1.82, 2.24) is 4.90 Å². The van der Waals surface area contributed by atoms with Gasteiger partial charge in [0.2, 0.25) is 0 Å². The number of β-amino-alcohol motifs (C(OH)–C–C–N with tert-alkyl or cyclic N) is 1. The monoisotopic (exact) mass is 345 g/mol. The minimum Gasteiger partial charge on any atom is -0.488 e. The summed E-state index contributed by atoms with van der Waals surface area (Å²) >= 11 is 0. The number of halogens is 1. The molecule has 1 heterocycles. The number of ether oxygens (including phenoxy) is 2. The Morgan fingerprint density at radius 2 is 1.88 bits per heavy atom. The smallest absolute Gasteiger partial charge is 0.165 e. The van der Waals surface area contributed by atoms with E-state index >= 15 is 0 Å². The van der Waals surface area contributed by atoms with E-state index in [9.17, 15) is 9.50 Å². The van der Waals surface area contributed by atoms with Crippen LogP contribution in [0.3, 0.4) is 0 Å². The predicted molar refractivity (Wildman–Crippen MR) is 94.1 cm³/mol. The number of nitrogens with zero attached hydrogens (tertiary/aromatic N) is 1. The number of aliphatic hydroxyl groups excluding tert-OH is 1. The first-order valence-corrected chi connectivity index (χ1v) is 8.60. The lowest BCUT2D eigenvalue weighted by Crippen LogP contribution is -2.46. The van der Waals surface area contributed by atoms with Crippen molar-refractivity contribution in [3.8, 4) is 5.75 Å². The molecule has 1 fully saturated rings. The van der Waals surface area contributed by atoms with E-state index in [1.165, 1.54) is 6.07 Å². The third kappa shape index (κ3) is 5.01. The van der Waals surface area contributed by atoms with Gasteiger partial charge in [0.05, 0.1) is 12.2 Å². The normalized spacial score (nSPS) is 22.5. The molecule has 25 heavy (non-hydrogen) atoms. The fourth-order valence-electron chi connectivity index (χ4n) is 3.14. The average Bonchev–Trinajstić information content (AvgIpc) is 2.61. The van der Waals surface area contributed by atoms with Crippen molar-refractivity contribution < 1.29 is 19.0 Å². The maximum atomic E-state index is 13.6. The van der Waals surface area contributed by atoms with E-state index in [1.54, 1.807) is 18.2 Å². The molecule has 0 unspecified atom stereocenters. The van der Waals surface area contributed by atoms with Crippen LogP contribution in [0.4, 0.5) is 4.39 Å². The molecule has 4 nitrogen and oxygen atoms in total. The first-order chi connectivity index (χ1) is 12.1. The molecule has 0 radical (unpaired) electrons. The molecule has 0 saturated carbocycles. The number of hydrogen-bond donors (Lipinski definition) is 1. The average molecular weight is 345 g/mol. The highest BCUT2D eigenvalue weighted by atomic mass is 19.1. The van der Waals surface area contributed by atoms with Crippen LogP contribution in [-0.2, 0) is 4.74 Å². The molecule has 1 N–H and O–H groups in total. The summed E-state index contributed by atoms with van der Waals surface area (Å²) in [4.78, 5) is 2.17. The van der Waals surface area contributed by atoms with Gasteiger partial charge in [0.15, 0.2) is 11.6 Å². The van der Waals surface area contributed by atoms with E-state index in [2.05, 4.69) is 17.0 Å². The van der Waals surface area contributed by atoms with Crippen molar-refractivity contribution >= 4 is 0 Å². The molecule has 0 amide bonds. The van der Waals surface area contributed by atoms with E-state index in [1.807, 2.05) is 25.1 Å². The Kier molecular flexibility index (Phi) is 6.02. The molecule has 2 aromatic rings. The van der Waals surface area contributed by atoms with E-state index in [-0.39, 0.29) is 24.6 Å². The van der Waals surface area contributed by atoms with E-state index in [0.29, 0.717) is 13.1 Å². The van der Waals surface area contributed by atoms with Gasteiger partial charge in [-0.2, -0.15) is 0 Å². The van der Waals surface area contributed by atoms with Crippen molar-refractivity contribution in [2.75, 3.05) is 26.2 Å². The summed E-state index contributed by atoms with van der Waals surface area (Å²) in [7, 11) is 0. The lowest BCUT2D eigenvalue weighted by Gasteiger charge is -2.37. The summed E-state index contributed by atoms with van der Waals surface area (Å²) in [5.41, 5.74) is 1.14. The Morgan fingerprint density at radius 3 is 2.64 bits per heavy atom. The number of aliphatic hydroxyl groups is 1. The van der Waals surface area contributed by atoms with Gasteiger partial charge in [-0.05, 0) is 24.6 Å². The topological polar surface area (TPSA) is 41.9 Å². The molecule has 2 aromatic carbocycles. The fraction of sp³-hybridized carbons (Fsp3) is 0.400. The van der Waals surface area contributed by atoms with Gasteiger partial charge in [-0.15, -0.1) is 0 Å². The van der Waals surface area contributed by atoms with Crippen LogP contribution in [0.15, 0.2) is 54.6 Å². The van der Waals surface area contributed by atoms with E-state index in [0.717, 1.165) is 12.1 Å². The summed E-state index contributed by atoms with van der Waals surface area (Å²) in [5.74, 6) is -0.252. The van der Waals surface area contributed by atoms with Gasteiger partial charge in [-0.3, -0.25) is 4.90 Å². The highest BCUT2D eigenvalue weighted by molar-refractivity contribution is 5.23. The Labute approximate surface area is 147 Å².